The second-order valence-electron chi connectivity index (χ2n) is 13.6. The molecular formula is C29H51NO3Si. The van der Waals surface area contributed by atoms with E-state index in [1.807, 2.05) is 0 Å². The van der Waals surface area contributed by atoms with Crippen LogP contribution in [0.2, 0.25) is 16.6 Å². The summed E-state index contributed by atoms with van der Waals surface area (Å²) in [5.74, 6) is 2.02. The highest BCUT2D eigenvalue weighted by Gasteiger charge is 2.61. The molecule has 0 aromatic heterocycles. The lowest BCUT2D eigenvalue weighted by atomic mass is 9.49. The second-order valence-corrected chi connectivity index (χ2v) is 19.0. The minimum Gasteiger partial charge on any atom is -0.469 e. The number of methoxy groups -OCH3 is 1. The fraction of sp³-hybridized carbons (Fsp3) is 0.931. The highest BCUT2D eigenvalue weighted by atomic mass is 28.4. The van der Waals surface area contributed by atoms with Crippen molar-refractivity contribution < 1.29 is 14.0 Å². The standard InChI is InChI=1S/C29H51NO3Si/c1-18(2)34(19(3)4,20(5)6)33-21-12-14-29(8)24-13-15-28(7)23(10-11-25(28)27(31)32-9)22(24)17-30-26(29)16-21/h18-25H,10-17H2,1-9H3/t21?,22?,23?,24?,25?,28-,29+/m0/s1. The van der Waals surface area contributed by atoms with Crippen LogP contribution >= 0.6 is 0 Å². The molecule has 7 atom stereocenters. The average Bonchev–Trinajstić information content (AvgIpc) is 3.13. The Morgan fingerprint density at radius 2 is 1.59 bits per heavy atom. The number of carbonyl (C=O) groups is 1. The third-order valence-electron chi connectivity index (χ3n) is 11.4. The predicted molar refractivity (Wildman–Crippen MR) is 143 cm³/mol. The van der Waals surface area contributed by atoms with Crippen molar-refractivity contribution in [2.75, 3.05) is 13.7 Å². The summed E-state index contributed by atoms with van der Waals surface area (Å²) in [6.07, 6.45) is 8.30. The van der Waals surface area contributed by atoms with Gasteiger partial charge in [-0.15, -0.1) is 0 Å². The van der Waals surface area contributed by atoms with Crippen LogP contribution in [0.3, 0.4) is 0 Å². The molecule has 0 aromatic carbocycles. The molecule has 1 heterocycles. The van der Waals surface area contributed by atoms with Crippen molar-refractivity contribution in [2.45, 2.75) is 123 Å². The smallest absolute Gasteiger partial charge is 0.309 e. The molecule has 0 bridgehead atoms. The number of ether oxygens (including phenoxy) is 1. The van der Waals surface area contributed by atoms with Gasteiger partial charge >= 0.3 is 5.97 Å². The fourth-order valence-electron chi connectivity index (χ4n) is 9.68. The predicted octanol–water partition coefficient (Wildman–Crippen LogP) is 7.42. The summed E-state index contributed by atoms with van der Waals surface area (Å²) in [4.78, 5) is 17.9. The molecule has 4 nitrogen and oxygen atoms in total. The molecule has 3 aliphatic carbocycles. The zero-order valence-electron chi connectivity index (χ0n) is 23.4. The van der Waals surface area contributed by atoms with Crippen LogP contribution in [0.4, 0.5) is 0 Å². The van der Waals surface area contributed by atoms with Crippen molar-refractivity contribution in [1.29, 1.82) is 0 Å². The maximum absolute atomic E-state index is 12.6. The third kappa shape index (κ3) is 3.86. The van der Waals surface area contributed by atoms with Gasteiger partial charge in [0.1, 0.15) is 0 Å². The SMILES string of the molecule is COC(=O)C1CCC2C3CN=C4CC(O[Si](C(C)C)(C(C)C)C(C)C)CC[C@]4(C)C3CC[C@]12C. The van der Waals surface area contributed by atoms with Gasteiger partial charge in [-0.3, -0.25) is 9.79 Å². The zero-order valence-corrected chi connectivity index (χ0v) is 24.4. The first-order chi connectivity index (χ1) is 15.9. The minimum absolute atomic E-state index is 0.0143. The van der Waals surface area contributed by atoms with E-state index >= 15 is 0 Å². The molecule has 1 aliphatic heterocycles. The Balaban J connectivity index is 1.54. The van der Waals surface area contributed by atoms with Gasteiger partial charge in [-0.05, 0) is 78.3 Å². The largest absolute Gasteiger partial charge is 0.469 e. The molecule has 0 N–H and O–H groups in total. The van der Waals surface area contributed by atoms with Gasteiger partial charge in [0.05, 0.1) is 19.1 Å². The summed E-state index contributed by atoms with van der Waals surface area (Å²) >= 11 is 0. The Morgan fingerprint density at radius 3 is 2.18 bits per heavy atom. The Labute approximate surface area is 210 Å². The van der Waals surface area contributed by atoms with Crippen LogP contribution in [0.25, 0.3) is 0 Å². The number of rotatable bonds is 6. The van der Waals surface area contributed by atoms with Gasteiger partial charge in [0.15, 0.2) is 0 Å². The molecule has 194 valence electrons. The van der Waals surface area contributed by atoms with Gasteiger partial charge in [0.25, 0.3) is 0 Å². The van der Waals surface area contributed by atoms with E-state index in [0.29, 0.717) is 40.5 Å². The van der Waals surface area contributed by atoms with E-state index in [0.717, 1.165) is 32.2 Å². The van der Waals surface area contributed by atoms with Crippen LogP contribution in [-0.4, -0.2) is 39.8 Å². The maximum atomic E-state index is 12.6. The number of esters is 1. The number of hydrogen-bond acceptors (Lipinski definition) is 4. The lowest BCUT2D eigenvalue weighted by Crippen LogP contribution is -2.57. The summed E-state index contributed by atoms with van der Waals surface area (Å²) in [5.41, 5.74) is 3.63. The van der Waals surface area contributed by atoms with Gasteiger partial charge in [-0.1, -0.05) is 55.4 Å². The van der Waals surface area contributed by atoms with Crippen LogP contribution in [0.15, 0.2) is 4.99 Å². The van der Waals surface area contributed by atoms with Crippen molar-refractivity contribution in [3.8, 4) is 0 Å². The summed E-state index contributed by atoms with van der Waals surface area (Å²) in [7, 11) is -0.325. The molecule has 0 saturated heterocycles. The molecule has 3 saturated carbocycles. The van der Waals surface area contributed by atoms with E-state index in [9.17, 15) is 4.79 Å². The number of hydrogen-bond donors (Lipinski definition) is 0. The van der Waals surface area contributed by atoms with Gasteiger partial charge in [-0.2, -0.15) is 0 Å². The Kier molecular flexibility index (Phi) is 7.23. The number of carbonyl (C=O) groups excluding carboxylic acids is 1. The van der Waals surface area contributed by atoms with E-state index < -0.39 is 8.32 Å². The van der Waals surface area contributed by atoms with Crippen molar-refractivity contribution in [2.24, 2.45) is 39.5 Å². The molecule has 34 heavy (non-hydrogen) atoms. The van der Waals surface area contributed by atoms with Crippen molar-refractivity contribution in [3.63, 3.8) is 0 Å². The summed E-state index contributed by atoms with van der Waals surface area (Å²) in [5, 5.41) is 0. The fourth-order valence-corrected chi connectivity index (χ4v) is 15.3. The van der Waals surface area contributed by atoms with E-state index in [-0.39, 0.29) is 22.7 Å². The van der Waals surface area contributed by atoms with Crippen LogP contribution in [0.5, 0.6) is 0 Å². The Bertz CT molecular complexity index is 785. The van der Waals surface area contributed by atoms with Crippen LogP contribution in [-0.2, 0) is 14.0 Å². The number of fused-ring (bicyclic) bond motifs is 5. The first-order valence-corrected chi connectivity index (χ1v) is 16.3. The molecule has 0 aromatic rings. The summed E-state index contributed by atoms with van der Waals surface area (Å²) in [6, 6.07) is 0. The minimum atomic E-state index is -1.88. The molecule has 0 amide bonds. The van der Waals surface area contributed by atoms with E-state index in [1.54, 1.807) is 7.11 Å². The molecule has 4 aliphatic rings. The molecule has 4 rings (SSSR count). The van der Waals surface area contributed by atoms with Crippen LogP contribution in [0, 0.1) is 34.5 Å². The molecule has 3 fully saturated rings. The Hall–Kier alpha value is -0.683. The first-order valence-electron chi connectivity index (χ1n) is 14.2. The normalized spacial score (nSPS) is 40.1. The second kappa shape index (κ2) is 9.32. The quantitative estimate of drug-likeness (QED) is 0.288. The lowest BCUT2D eigenvalue weighted by Gasteiger charge is -2.57. The van der Waals surface area contributed by atoms with Crippen LogP contribution < -0.4 is 0 Å². The highest BCUT2D eigenvalue weighted by molar-refractivity contribution is 6.77. The summed E-state index contributed by atoms with van der Waals surface area (Å²) < 4.78 is 12.5. The molecule has 0 radical (unpaired) electrons. The zero-order chi connectivity index (χ0) is 25.1. The van der Waals surface area contributed by atoms with Gasteiger partial charge in [-0.25, -0.2) is 0 Å². The van der Waals surface area contributed by atoms with E-state index in [4.69, 9.17) is 14.2 Å². The van der Waals surface area contributed by atoms with Gasteiger partial charge in [0, 0.05) is 24.1 Å². The van der Waals surface area contributed by atoms with Gasteiger partial charge in [0.2, 0.25) is 8.32 Å². The monoisotopic (exact) mass is 489 g/mol. The van der Waals surface area contributed by atoms with Crippen LogP contribution in [0.1, 0.15) is 100 Å². The third-order valence-corrected chi connectivity index (χ3v) is 17.5. The topological polar surface area (TPSA) is 47.9 Å². The van der Waals surface area contributed by atoms with Gasteiger partial charge < -0.3 is 9.16 Å². The number of nitrogens with zero attached hydrogens (tertiary/aromatic N) is 1. The van der Waals surface area contributed by atoms with E-state index in [1.165, 1.54) is 25.0 Å². The number of aliphatic imine (C=N–C) groups is 1. The van der Waals surface area contributed by atoms with Crippen molar-refractivity contribution in [1.82, 2.24) is 0 Å². The molecule has 5 heteroatoms. The first kappa shape index (κ1) is 26.4. The molecule has 0 spiro atoms. The lowest BCUT2D eigenvalue weighted by molar-refractivity contribution is -0.152. The average molecular weight is 490 g/mol. The van der Waals surface area contributed by atoms with Crippen molar-refractivity contribution in [3.05, 3.63) is 0 Å². The molecule has 5 unspecified atom stereocenters. The summed E-state index contributed by atoms with van der Waals surface area (Å²) in [6.45, 7) is 20.2. The Morgan fingerprint density at radius 1 is 0.941 bits per heavy atom. The molecular weight excluding hydrogens is 438 g/mol. The van der Waals surface area contributed by atoms with Crippen molar-refractivity contribution >= 4 is 20.0 Å². The maximum Gasteiger partial charge on any atom is 0.309 e. The van der Waals surface area contributed by atoms with E-state index in [2.05, 4.69) is 55.4 Å². The highest BCUT2D eigenvalue weighted by Crippen LogP contribution is 2.64.